The Hall–Kier alpha value is -3.25. The average Bonchev–Trinajstić information content (AvgIpc) is 2.76. The number of likely N-dealkylation sites (N-methyl/N-ethyl adjacent to an activating group) is 1. The van der Waals surface area contributed by atoms with Gasteiger partial charge in [0.1, 0.15) is 30.6 Å². The Bertz CT molecular complexity index is 1220. The third kappa shape index (κ3) is 3.38. The summed E-state index contributed by atoms with van der Waals surface area (Å²) in [7, 11) is 4.55. The number of ketones is 2. The van der Waals surface area contributed by atoms with Gasteiger partial charge in [0.05, 0.1) is 22.9 Å². The minimum absolute atomic E-state index is 0.0217. The van der Waals surface area contributed by atoms with E-state index >= 15 is 0 Å². The van der Waals surface area contributed by atoms with E-state index in [9.17, 15) is 35.1 Å². The molecule has 35 heavy (non-hydrogen) atoms. The molecule has 0 aromatic heterocycles. The van der Waals surface area contributed by atoms with Crippen LogP contribution in [0.5, 0.6) is 5.75 Å². The molecule has 0 amide bonds. The van der Waals surface area contributed by atoms with E-state index in [0.717, 1.165) is 0 Å². The van der Waals surface area contributed by atoms with Gasteiger partial charge >= 0.3 is 0 Å². The van der Waals surface area contributed by atoms with Crippen LogP contribution in [0.1, 0.15) is 30.0 Å². The Morgan fingerprint density at radius 3 is 2.49 bits per heavy atom. The second-order valence-electron chi connectivity index (χ2n) is 9.43. The number of fused-ring (bicyclic) bond motifs is 3. The second kappa shape index (κ2) is 8.45. The molecule has 0 saturated heterocycles. The number of Topliss-reactive ketones (excluding diaryl/α,β-unsaturated/α-hetero) is 2. The van der Waals surface area contributed by atoms with Gasteiger partial charge in [-0.25, -0.2) is 0 Å². The van der Waals surface area contributed by atoms with E-state index in [1.807, 2.05) is 0 Å². The summed E-state index contributed by atoms with van der Waals surface area (Å²) >= 11 is 0. The smallest absolute Gasteiger partial charge is 0.202 e. The van der Waals surface area contributed by atoms with E-state index in [2.05, 4.69) is 5.16 Å². The minimum Gasteiger partial charge on any atom is -0.508 e. The third-order valence-electron chi connectivity index (χ3n) is 7.31. The van der Waals surface area contributed by atoms with Gasteiger partial charge in [-0.2, -0.15) is 0 Å². The Balaban J connectivity index is 1.98. The van der Waals surface area contributed by atoms with E-state index in [-0.39, 0.29) is 29.7 Å². The zero-order valence-electron chi connectivity index (χ0n) is 19.8. The molecule has 1 aromatic carbocycles. The number of phenolic OH excluding ortho intramolecular Hbond substituents is 1. The lowest BCUT2D eigenvalue weighted by Crippen LogP contribution is -2.66. The Kier molecular flexibility index (Phi) is 6.00. The molecule has 1 fully saturated rings. The zero-order chi connectivity index (χ0) is 26.0. The highest BCUT2D eigenvalue weighted by molar-refractivity contribution is 6.14. The largest absolute Gasteiger partial charge is 0.508 e. The van der Waals surface area contributed by atoms with Crippen molar-refractivity contribution in [2.24, 2.45) is 22.7 Å². The van der Waals surface area contributed by atoms with Crippen molar-refractivity contribution in [1.29, 1.82) is 0 Å². The van der Waals surface area contributed by atoms with Crippen LogP contribution in [0.25, 0.3) is 5.76 Å². The van der Waals surface area contributed by atoms with Gasteiger partial charge < -0.3 is 36.1 Å². The molecule has 1 saturated carbocycles. The van der Waals surface area contributed by atoms with Crippen molar-refractivity contribution < 1.29 is 40.0 Å². The molecule has 1 aromatic rings. The van der Waals surface area contributed by atoms with E-state index in [4.69, 9.17) is 10.6 Å². The fraction of sp³-hybridized carbons (Fsp3) is 0.458. The third-order valence-corrected chi connectivity index (χ3v) is 7.31. The van der Waals surface area contributed by atoms with Crippen LogP contribution in [0.3, 0.4) is 0 Å². The van der Waals surface area contributed by atoms with Crippen LogP contribution in [0.2, 0.25) is 0 Å². The maximum Gasteiger partial charge on any atom is 0.202 e. The first kappa shape index (κ1) is 24.9. The SMILES string of the molecule is CO/N=C(/C)c1ccc(O)c2c1C[C@H]1C[C@H]3[C@H](N(C)C)C(=O)C(C(N)O)=C(O)[C@@]3(O)C(=O)C1=C2O. The van der Waals surface area contributed by atoms with Crippen molar-refractivity contribution in [3.63, 3.8) is 0 Å². The molecule has 0 bridgehead atoms. The predicted molar refractivity (Wildman–Crippen MR) is 124 cm³/mol. The molecule has 7 N–H and O–H groups in total. The molecule has 3 aliphatic carbocycles. The highest BCUT2D eigenvalue weighted by atomic mass is 16.6. The first-order valence-electron chi connectivity index (χ1n) is 11.1. The number of aliphatic hydroxyl groups excluding tert-OH is 3. The molecule has 188 valence electrons. The maximum atomic E-state index is 13.8. The number of carbonyl (C=O) groups is 2. The minimum atomic E-state index is -2.60. The number of aliphatic hydroxyl groups is 4. The topological polar surface area (TPSA) is 186 Å². The summed E-state index contributed by atoms with van der Waals surface area (Å²) in [6, 6.07) is 1.91. The molecule has 11 heteroatoms. The van der Waals surface area contributed by atoms with E-state index in [1.54, 1.807) is 27.1 Å². The molecule has 0 radical (unpaired) electrons. The molecule has 0 spiro atoms. The van der Waals surface area contributed by atoms with E-state index in [0.29, 0.717) is 16.8 Å². The zero-order valence-corrected chi connectivity index (χ0v) is 19.8. The molecule has 5 atom stereocenters. The van der Waals surface area contributed by atoms with Crippen LogP contribution in [-0.2, 0) is 20.8 Å². The Morgan fingerprint density at radius 1 is 1.26 bits per heavy atom. The van der Waals surface area contributed by atoms with Gasteiger partial charge in [0.15, 0.2) is 11.4 Å². The number of hydrogen-bond donors (Lipinski definition) is 6. The number of benzene rings is 1. The fourth-order valence-electron chi connectivity index (χ4n) is 5.84. The second-order valence-corrected chi connectivity index (χ2v) is 9.43. The highest BCUT2D eigenvalue weighted by Gasteiger charge is 2.64. The summed E-state index contributed by atoms with van der Waals surface area (Å²) < 4.78 is 0. The van der Waals surface area contributed by atoms with E-state index < -0.39 is 58.4 Å². The number of oxime groups is 1. The van der Waals surface area contributed by atoms with Gasteiger partial charge in [-0.15, -0.1) is 0 Å². The summed E-state index contributed by atoms with van der Waals surface area (Å²) in [5.74, 6) is -5.25. The van der Waals surface area contributed by atoms with Crippen LogP contribution in [0.4, 0.5) is 0 Å². The van der Waals surface area contributed by atoms with Gasteiger partial charge in [-0.3, -0.25) is 14.5 Å². The number of phenols is 1. The first-order chi connectivity index (χ1) is 16.4. The van der Waals surface area contributed by atoms with Gasteiger partial charge in [-0.05, 0) is 57.5 Å². The first-order valence-corrected chi connectivity index (χ1v) is 11.1. The molecule has 3 aliphatic rings. The monoisotopic (exact) mass is 487 g/mol. The van der Waals surface area contributed by atoms with Gasteiger partial charge in [0.2, 0.25) is 5.78 Å². The summed E-state index contributed by atoms with van der Waals surface area (Å²) in [4.78, 5) is 33.3. The Labute approximate surface area is 201 Å². The van der Waals surface area contributed by atoms with Gasteiger partial charge in [0.25, 0.3) is 0 Å². The summed E-state index contributed by atoms with van der Waals surface area (Å²) in [5.41, 5.74) is 3.72. The number of nitrogens with zero attached hydrogens (tertiary/aromatic N) is 2. The van der Waals surface area contributed by atoms with E-state index in [1.165, 1.54) is 18.1 Å². The summed E-state index contributed by atoms with van der Waals surface area (Å²) in [6.45, 7) is 1.70. The highest BCUT2D eigenvalue weighted by Crippen LogP contribution is 2.53. The lowest BCUT2D eigenvalue weighted by Gasteiger charge is -2.50. The van der Waals surface area contributed by atoms with Gasteiger partial charge in [-0.1, -0.05) is 5.16 Å². The standard InChI is InChI=1S/C24H29N3O8/c1-9(26-35-4)11-5-6-14(28)16-12(11)7-10-8-13-18(27(2)3)20(30)17(23(25)33)22(32)24(13,34)21(31)15(10)19(16)29/h5-6,10,13,18,23,28-29,32-34H,7-8,25H2,1-4H3/b26-9-/t10-,13-,18-,23?,24-/m0/s1. The van der Waals surface area contributed by atoms with Crippen molar-refractivity contribution in [2.75, 3.05) is 21.2 Å². The molecule has 1 unspecified atom stereocenters. The van der Waals surface area contributed by atoms with Gasteiger partial charge in [0, 0.05) is 17.1 Å². The average molecular weight is 488 g/mol. The lowest BCUT2D eigenvalue weighted by atomic mass is 9.57. The van der Waals surface area contributed by atoms with Crippen LogP contribution < -0.4 is 5.73 Å². The molecule has 0 heterocycles. The van der Waals surface area contributed by atoms with Crippen molar-refractivity contribution in [3.05, 3.63) is 45.7 Å². The predicted octanol–water partition coefficient (Wildman–Crippen LogP) is 0.126. The molecular weight excluding hydrogens is 458 g/mol. The van der Waals surface area contributed by atoms with Crippen molar-refractivity contribution in [3.8, 4) is 5.75 Å². The summed E-state index contributed by atoms with van der Waals surface area (Å²) in [5, 5.41) is 58.2. The quantitative estimate of drug-likeness (QED) is 0.194. The van der Waals surface area contributed by atoms with Crippen molar-refractivity contribution in [1.82, 2.24) is 4.90 Å². The van der Waals surface area contributed by atoms with Crippen molar-refractivity contribution >= 4 is 23.0 Å². The normalized spacial score (nSPS) is 29.7. The molecular formula is C24H29N3O8. The number of aromatic hydroxyl groups is 1. The number of rotatable bonds is 4. The number of hydrogen-bond acceptors (Lipinski definition) is 11. The molecule has 0 aliphatic heterocycles. The maximum absolute atomic E-state index is 13.8. The molecule has 11 nitrogen and oxygen atoms in total. The van der Waals surface area contributed by atoms with Crippen LogP contribution in [0, 0.1) is 11.8 Å². The lowest BCUT2D eigenvalue weighted by molar-refractivity contribution is -0.154. The number of carbonyl (C=O) groups excluding carboxylic acids is 2. The van der Waals surface area contributed by atoms with Crippen molar-refractivity contribution in [2.45, 2.75) is 37.6 Å². The van der Waals surface area contributed by atoms with Crippen LogP contribution in [0.15, 0.2) is 34.2 Å². The molecule has 4 rings (SSSR count). The number of nitrogens with two attached hydrogens (primary N) is 1. The van der Waals surface area contributed by atoms with Crippen LogP contribution >= 0.6 is 0 Å². The fourth-order valence-corrected chi connectivity index (χ4v) is 5.84. The summed E-state index contributed by atoms with van der Waals surface area (Å²) in [6.07, 6.45) is -1.69. The Morgan fingerprint density at radius 2 is 1.91 bits per heavy atom. The van der Waals surface area contributed by atoms with Crippen LogP contribution in [-0.4, -0.2) is 86.8 Å².